The van der Waals surface area contributed by atoms with Crippen LogP contribution in [0.25, 0.3) is 10.4 Å². The quantitative estimate of drug-likeness (QED) is 0.502. The Morgan fingerprint density at radius 3 is 2.67 bits per heavy atom. The SMILES string of the molecule is CN(C(=O)O)c1cnc(N=[N+]=[N-])c(C(F)(F)F)c1. The Bertz CT molecular complexity index is 524. The van der Waals surface area contributed by atoms with Gasteiger partial charge in [0.05, 0.1) is 17.4 Å². The summed E-state index contributed by atoms with van der Waals surface area (Å²) in [5.41, 5.74) is 6.54. The van der Waals surface area contributed by atoms with Crippen LogP contribution in [0.1, 0.15) is 5.56 Å². The highest BCUT2D eigenvalue weighted by Crippen LogP contribution is 2.37. The maximum atomic E-state index is 12.6. The van der Waals surface area contributed by atoms with Crippen molar-refractivity contribution in [1.29, 1.82) is 0 Å². The number of halogens is 3. The lowest BCUT2D eigenvalue weighted by molar-refractivity contribution is -0.137. The molecular weight excluding hydrogens is 255 g/mol. The molecule has 1 N–H and O–H groups in total. The molecule has 0 atom stereocenters. The van der Waals surface area contributed by atoms with E-state index in [4.69, 9.17) is 10.6 Å². The first kappa shape index (κ1) is 13.6. The number of aromatic nitrogens is 1. The van der Waals surface area contributed by atoms with Crippen molar-refractivity contribution in [2.24, 2.45) is 5.11 Å². The number of alkyl halides is 3. The lowest BCUT2D eigenvalue weighted by atomic mass is 10.2. The van der Waals surface area contributed by atoms with Gasteiger partial charge < -0.3 is 5.11 Å². The summed E-state index contributed by atoms with van der Waals surface area (Å²) in [5.74, 6) is -0.854. The number of carboxylic acid groups (broad SMARTS) is 1. The highest BCUT2D eigenvalue weighted by Gasteiger charge is 2.34. The minimum Gasteiger partial charge on any atom is -0.465 e. The van der Waals surface area contributed by atoms with Gasteiger partial charge in [0.15, 0.2) is 0 Å². The summed E-state index contributed by atoms with van der Waals surface area (Å²) in [4.78, 5) is 16.7. The van der Waals surface area contributed by atoms with E-state index in [-0.39, 0.29) is 5.69 Å². The van der Waals surface area contributed by atoms with E-state index in [9.17, 15) is 18.0 Å². The van der Waals surface area contributed by atoms with Gasteiger partial charge in [-0.15, -0.1) is 0 Å². The zero-order valence-corrected chi connectivity index (χ0v) is 8.88. The van der Waals surface area contributed by atoms with Crippen molar-refractivity contribution in [2.45, 2.75) is 6.18 Å². The van der Waals surface area contributed by atoms with Crippen molar-refractivity contribution in [3.05, 3.63) is 28.3 Å². The number of carbonyl (C=O) groups is 1. The molecule has 0 bridgehead atoms. The average Bonchev–Trinajstić information content (AvgIpc) is 2.27. The fourth-order valence-electron chi connectivity index (χ4n) is 1.07. The van der Waals surface area contributed by atoms with E-state index in [0.29, 0.717) is 11.0 Å². The van der Waals surface area contributed by atoms with Crippen LogP contribution in [0.4, 0.5) is 29.5 Å². The number of rotatable bonds is 2. The Balaban J connectivity index is 3.39. The van der Waals surface area contributed by atoms with Gasteiger partial charge in [0.1, 0.15) is 5.82 Å². The van der Waals surface area contributed by atoms with Gasteiger partial charge in [0.2, 0.25) is 0 Å². The summed E-state index contributed by atoms with van der Waals surface area (Å²) in [7, 11) is 1.06. The molecular formula is C8H6F3N5O2. The summed E-state index contributed by atoms with van der Waals surface area (Å²) >= 11 is 0. The monoisotopic (exact) mass is 261 g/mol. The Morgan fingerprint density at radius 1 is 1.61 bits per heavy atom. The maximum Gasteiger partial charge on any atom is 0.418 e. The first-order valence-corrected chi connectivity index (χ1v) is 4.36. The van der Waals surface area contributed by atoms with E-state index in [2.05, 4.69) is 15.0 Å². The van der Waals surface area contributed by atoms with Gasteiger partial charge in [0, 0.05) is 12.0 Å². The van der Waals surface area contributed by atoms with E-state index in [1.54, 1.807) is 0 Å². The minimum absolute atomic E-state index is 0.285. The number of nitrogens with zero attached hydrogens (tertiary/aromatic N) is 5. The molecule has 1 amide bonds. The molecule has 18 heavy (non-hydrogen) atoms. The van der Waals surface area contributed by atoms with Gasteiger partial charge in [-0.25, -0.2) is 4.79 Å². The van der Waals surface area contributed by atoms with Gasteiger partial charge in [0.25, 0.3) is 0 Å². The molecule has 1 rings (SSSR count). The topological polar surface area (TPSA) is 102 Å². The Labute approximate surface area is 98.1 Å². The van der Waals surface area contributed by atoms with Crippen LogP contribution in [-0.2, 0) is 6.18 Å². The lowest BCUT2D eigenvalue weighted by Gasteiger charge is -2.15. The number of pyridine rings is 1. The summed E-state index contributed by atoms with van der Waals surface area (Å²) in [5, 5.41) is 11.4. The smallest absolute Gasteiger partial charge is 0.418 e. The molecule has 10 heteroatoms. The van der Waals surface area contributed by atoms with Gasteiger partial charge in [-0.1, -0.05) is 0 Å². The van der Waals surface area contributed by atoms with Gasteiger partial charge in [-0.3, -0.25) is 9.88 Å². The molecule has 7 nitrogen and oxygen atoms in total. The number of hydrogen-bond donors (Lipinski definition) is 1. The summed E-state index contributed by atoms with van der Waals surface area (Å²) < 4.78 is 37.9. The number of hydrogen-bond acceptors (Lipinski definition) is 3. The highest BCUT2D eigenvalue weighted by molar-refractivity contribution is 5.85. The van der Waals surface area contributed by atoms with Crippen LogP contribution < -0.4 is 4.90 Å². The van der Waals surface area contributed by atoms with Gasteiger partial charge in [-0.2, -0.15) is 13.2 Å². The second kappa shape index (κ2) is 4.80. The van der Waals surface area contributed by atoms with E-state index < -0.39 is 23.7 Å². The number of anilines is 1. The molecule has 96 valence electrons. The largest absolute Gasteiger partial charge is 0.465 e. The Hall–Kier alpha value is -2.48. The normalized spacial score (nSPS) is 10.7. The molecule has 0 saturated heterocycles. The van der Waals surface area contributed by atoms with Crippen molar-refractivity contribution < 1.29 is 23.1 Å². The fourth-order valence-corrected chi connectivity index (χ4v) is 1.07. The van der Waals surface area contributed by atoms with Crippen molar-refractivity contribution in [2.75, 3.05) is 11.9 Å². The van der Waals surface area contributed by atoms with E-state index >= 15 is 0 Å². The minimum atomic E-state index is -4.80. The second-order valence-corrected chi connectivity index (χ2v) is 3.09. The third-order valence-electron chi connectivity index (χ3n) is 1.97. The van der Waals surface area contributed by atoms with E-state index in [1.165, 1.54) is 0 Å². The molecule has 0 aliphatic rings. The van der Waals surface area contributed by atoms with Gasteiger partial charge in [-0.05, 0) is 16.7 Å². The van der Waals surface area contributed by atoms with Gasteiger partial charge >= 0.3 is 12.3 Å². The van der Waals surface area contributed by atoms with Crippen LogP contribution in [0.3, 0.4) is 0 Å². The fraction of sp³-hybridized carbons (Fsp3) is 0.250. The predicted octanol–water partition coefficient (Wildman–Crippen LogP) is 3.16. The zero-order chi connectivity index (χ0) is 13.9. The molecule has 0 radical (unpaired) electrons. The van der Waals surface area contributed by atoms with Crippen LogP contribution in [0, 0.1) is 0 Å². The first-order chi connectivity index (χ1) is 8.27. The lowest BCUT2D eigenvalue weighted by Crippen LogP contribution is -2.24. The Kier molecular flexibility index (Phi) is 3.62. The van der Waals surface area contributed by atoms with Crippen LogP contribution in [0.15, 0.2) is 17.4 Å². The molecule has 1 aromatic heterocycles. The molecule has 0 aliphatic carbocycles. The van der Waals surface area contributed by atoms with Crippen LogP contribution >= 0.6 is 0 Å². The molecule has 0 aromatic carbocycles. The molecule has 0 fully saturated rings. The van der Waals surface area contributed by atoms with Crippen molar-refractivity contribution in [3.63, 3.8) is 0 Å². The highest BCUT2D eigenvalue weighted by atomic mass is 19.4. The predicted molar refractivity (Wildman–Crippen MR) is 54.5 cm³/mol. The summed E-state index contributed by atoms with van der Waals surface area (Å²) in [6, 6.07) is 0.547. The summed E-state index contributed by atoms with van der Waals surface area (Å²) in [6.45, 7) is 0. The molecule has 0 aliphatic heterocycles. The van der Waals surface area contributed by atoms with E-state index in [1.807, 2.05) is 0 Å². The van der Waals surface area contributed by atoms with Crippen molar-refractivity contribution in [3.8, 4) is 0 Å². The Morgan fingerprint density at radius 2 is 2.22 bits per heavy atom. The van der Waals surface area contributed by atoms with Crippen LogP contribution in [-0.4, -0.2) is 23.2 Å². The molecule has 1 aromatic rings. The van der Waals surface area contributed by atoms with Crippen molar-refractivity contribution >= 4 is 17.6 Å². The molecule has 1 heterocycles. The van der Waals surface area contributed by atoms with E-state index in [0.717, 1.165) is 13.2 Å². The average molecular weight is 261 g/mol. The third-order valence-corrected chi connectivity index (χ3v) is 1.97. The standard InChI is InChI=1S/C8H6F3N5O2/c1-16(7(17)18)4-2-5(8(9,10)11)6(13-3-4)14-15-12/h2-3H,1H3,(H,17,18). The zero-order valence-electron chi connectivity index (χ0n) is 8.88. The summed E-state index contributed by atoms with van der Waals surface area (Å²) in [6.07, 6.45) is -5.37. The second-order valence-electron chi connectivity index (χ2n) is 3.09. The first-order valence-electron chi connectivity index (χ1n) is 4.36. The maximum absolute atomic E-state index is 12.6. The van der Waals surface area contributed by atoms with Crippen LogP contribution in [0.2, 0.25) is 0 Å². The molecule has 0 unspecified atom stereocenters. The van der Waals surface area contributed by atoms with Crippen LogP contribution in [0.5, 0.6) is 0 Å². The number of azide groups is 1. The van der Waals surface area contributed by atoms with Crippen molar-refractivity contribution in [1.82, 2.24) is 4.98 Å². The molecule has 0 saturated carbocycles. The number of amides is 1. The third kappa shape index (κ3) is 2.80. The molecule has 0 spiro atoms.